The maximum Gasteiger partial charge on any atom is 0.421 e. The first kappa shape index (κ1) is 47.6. The number of nitrogens with zero attached hydrogens (tertiary/aromatic N) is 2. The SMILES string of the molecule is Cc1nc(CCc2ccc(CCOC(=O)NCC(=O)OC(C)(C)C)cc2)cs1.Cc1nc(CCc2ccc(CCOC(=O)NN)cc2)cs1.Cl.ClCCl. The smallest absolute Gasteiger partial charge is 0.421 e. The van der Waals surface area contributed by atoms with Crippen molar-refractivity contribution in [1.82, 2.24) is 20.7 Å². The van der Waals surface area contributed by atoms with Gasteiger partial charge in [0, 0.05) is 23.6 Å². The molecule has 2 aromatic carbocycles. The first-order valence-electron chi connectivity index (χ1n) is 16.7. The zero-order valence-electron chi connectivity index (χ0n) is 30.7. The lowest BCUT2D eigenvalue weighted by Gasteiger charge is -2.19. The summed E-state index contributed by atoms with van der Waals surface area (Å²) in [6, 6.07) is 16.6. The van der Waals surface area contributed by atoms with Crippen molar-refractivity contribution in [2.24, 2.45) is 5.84 Å². The number of alkyl carbamates (subject to hydrolysis) is 1. The third-order valence-corrected chi connectivity index (χ3v) is 8.53. The van der Waals surface area contributed by atoms with E-state index >= 15 is 0 Å². The Balaban J connectivity index is 0.000000500. The van der Waals surface area contributed by atoms with Crippen LogP contribution in [0, 0.1) is 13.8 Å². The normalized spacial score (nSPS) is 10.3. The van der Waals surface area contributed by atoms with Crippen LogP contribution < -0.4 is 16.6 Å². The molecule has 0 saturated heterocycles. The molecule has 2 heterocycles. The number of aryl methyl sites for hydroxylation is 6. The zero-order valence-corrected chi connectivity index (χ0v) is 34.7. The van der Waals surface area contributed by atoms with Crippen LogP contribution in [0.2, 0.25) is 0 Å². The van der Waals surface area contributed by atoms with Crippen LogP contribution in [0.4, 0.5) is 9.59 Å². The highest BCUT2D eigenvalue weighted by Crippen LogP contribution is 2.14. The number of amides is 2. The molecule has 0 bridgehead atoms. The van der Waals surface area contributed by atoms with Gasteiger partial charge in [0.15, 0.2) is 0 Å². The second-order valence-corrected chi connectivity index (χ2v) is 15.2. The van der Waals surface area contributed by atoms with Gasteiger partial charge in [0.1, 0.15) is 12.1 Å². The average Bonchev–Trinajstić information content (AvgIpc) is 3.73. The third kappa shape index (κ3) is 22.4. The Morgan fingerprint density at radius 3 is 1.42 bits per heavy atom. The van der Waals surface area contributed by atoms with E-state index in [1.165, 1.54) is 11.1 Å². The van der Waals surface area contributed by atoms with Gasteiger partial charge in [0.05, 0.1) is 40.0 Å². The Morgan fingerprint density at radius 1 is 0.698 bits per heavy atom. The summed E-state index contributed by atoms with van der Waals surface area (Å²) in [5.74, 6) is 4.43. The Kier molecular flexibility index (Phi) is 23.6. The van der Waals surface area contributed by atoms with Gasteiger partial charge in [-0.3, -0.25) is 10.2 Å². The molecule has 0 aliphatic rings. The maximum atomic E-state index is 11.6. The van der Waals surface area contributed by atoms with Crippen LogP contribution in [-0.2, 0) is 57.5 Å². The molecule has 0 saturated carbocycles. The summed E-state index contributed by atoms with van der Waals surface area (Å²) in [5.41, 5.74) is 8.41. The van der Waals surface area contributed by atoms with E-state index in [4.69, 9.17) is 43.3 Å². The molecular formula is C37H50Cl3N5O6S2. The van der Waals surface area contributed by atoms with Gasteiger partial charge in [0.25, 0.3) is 0 Å². The molecule has 0 aliphatic carbocycles. The molecule has 11 nitrogen and oxygen atoms in total. The molecule has 2 amide bonds. The number of halogens is 3. The second kappa shape index (κ2) is 26.3. The fourth-order valence-electron chi connectivity index (χ4n) is 4.47. The van der Waals surface area contributed by atoms with E-state index in [0.717, 1.165) is 58.2 Å². The number of nitrogens with one attached hydrogen (secondary N) is 2. The van der Waals surface area contributed by atoms with Gasteiger partial charge in [-0.05, 0) is 82.6 Å². The fraction of sp³-hybridized carbons (Fsp3) is 0.432. The average molecular weight is 831 g/mol. The standard InChI is InChI=1S/C21H28N2O4S.C15H19N3O2S.CH2Cl2.ClH/c1-15-23-18(14-28-15)10-9-16-5-7-17(8-6-16)11-12-26-20(25)22-13-19(24)27-21(2,3)4;1-11-17-14(10-21-11)7-6-12-2-4-13(5-3-12)8-9-20-15(19)18-16;2-1-3;/h5-8,14H,9-13H2,1-4H3,(H,22,25);2-5,10H,6-9,16H2,1H3,(H,18,19);1H2;1H. The lowest BCUT2D eigenvalue weighted by Crippen LogP contribution is -2.35. The number of carbonyl (C=O) groups excluding carboxylic acids is 3. The van der Waals surface area contributed by atoms with Crippen molar-refractivity contribution in [3.05, 3.63) is 103 Å². The lowest BCUT2D eigenvalue weighted by atomic mass is 10.1. The van der Waals surface area contributed by atoms with Crippen LogP contribution in [0.5, 0.6) is 0 Å². The Morgan fingerprint density at radius 2 is 1.08 bits per heavy atom. The Bertz CT molecular complexity index is 1630. The number of aromatic nitrogens is 2. The van der Waals surface area contributed by atoms with Crippen LogP contribution in [0.15, 0.2) is 59.3 Å². The van der Waals surface area contributed by atoms with E-state index in [1.807, 2.05) is 31.4 Å². The van der Waals surface area contributed by atoms with Crippen molar-refractivity contribution in [2.45, 2.75) is 78.7 Å². The maximum absolute atomic E-state index is 11.6. The molecular weight excluding hydrogens is 781 g/mol. The van der Waals surface area contributed by atoms with Crippen LogP contribution in [-0.4, -0.2) is 58.8 Å². The number of ether oxygens (including phenoxy) is 3. The van der Waals surface area contributed by atoms with Crippen molar-refractivity contribution >= 4 is 76.4 Å². The predicted octanol–water partition coefficient (Wildman–Crippen LogP) is 8.07. The number of alkyl halides is 2. The number of carbonyl (C=O) groups is 3. The summed E-state index contributed by atoms with van der Waals surface area (Å²) in [5, 5.41) is 9.02. The van der Waals surface area contributed by atoms with E-state index in [1.54, 1.807) is 43.4 Å². The van der Waals surface area contributed by atoms with Crippen molar-refractivity contribution in [1.29, 1.82) is 0 Å². The van der Waals surface area contributed by atoms with Crippen LogP contribution in [0.25, 0.3) is 0 Å². The molecule has 4 aromatic rings. The summed E-state index contributed by atoms with van der Waals surface area (Å²) < 4.78 is 15.1. The van der Waals surface area contributed by atoms with Gasteiger partial charge in [-0.2, -0.15) is 0 Å². The Labute approximate surface area is 336 Å². The molecule has 53 heavy (non-hydrogen) atoms. The quantitative estimate of drug-likeness (QED) is 0.0286. The molecule has 0 unspecified atom stereocenters. The number of esters is 1. The van der Waals surface area contributed by atoms with Gasteiger partial charge in [0.2, 0.25) is 0 Å². The molecule has 4 N–H and O–H groups in total. The number of benzene rings is 2. The van der Waals surface area contributed by atoms with Crippen LogP contribution in [0.1, 0.15) is 64.4 Å². The summed E-state index contributed by atoms with van der Waals surface area (Å²) in [6.07, 6.45) is 3.90. The molecule has 4 rings (SSSR count). The summed E-state index contributed by atoms with van der Waals surface area (Å²) in [6.45, 7) is 9.72. The lowest BCUT2D eigenvalue weighted by molar-refractivity contribution is -0.153. The highest BCUT2D eigenvalue weighted by Gasteiger charge is 2.17. The molecule has 0 radical (unpaired) electrons. The van der Waals surface area contributed by atoms with E-state index in [9.17, 15) is 14.4 Å². The summed E-state index contributed by atoms with van der Waals surface area (Å²) in [7, 11) is 0. The van der Waals surface area contributed by atoms with Crippen molar-refractivity contribution in [2.75, 3.05) is 25.1 Å². The monoisotopic (exact) mass is 829 g/mol. The number of hydrazine groups is 1. The zero-order chi connectivity index (χ0) is 38.4. The summed E-state index contributed by atoms with van der Waals surface area (Å²) in [4.78, 5) is 42.9. The molecule has 0 spiro atoms. The topological polar surface area (TPSA) is 155 Å². The number of hydrogen-bond acceptors (Lipinski definition) is 11. The second-order valence-electron chi connectivity index (χ2n) is 12.3. The van der Waals surface area contributed by atoms with Crippen LogP contribution >= 0.6 is 58.3 Å². The number of thiazole rings is 2. The van der Waals surface area contributed by atoms with Crippen molar-refractivity contribution in [3.8, 4) is 0 Å². The van der Waals surface area contributed by atoms with E-state index in [0.29, 0.717) is 19.4 Å². The molecule has 0 atom stereocenters. The first-order valence-corrected chi connectivity index (χ1v) is 19.5. The van der Waals surface area contributed by atoms with Crippen molar-refractivity contribution in [3.63, 3.8) is 0 Å². The van der Waals surface area contributed by atoms with Gasteiger partial charge in [-0.15, -0.1) is 58.3 Å². The Hall–Kier alpha value is -3.46. The predicted molar refractivity (Wildman–Crippen MR) is 216 cm³/mol. The molecule has 0 fully saturated rings. The van der Waals surface area contributed by atoms with E-state index in [-0.39, 0.29) is 30.9 Å². The molecule has 2 aromatic heterocycles. The first-order chi connectivity index (χ1) is 24.8. The third-order valence-electron chi connectivity index (χ3n) is 6.88. The fourth-order valence-corrected chi connectivity index (χ4v) is 5.77. The van der Waals surface area contributed by atoms with Crippen LogP contribution in [0.3, 0.4) is 0 Å². The minimum atomic E-state index is -0.624. The van der Waals surface area contributed by atoms with Crippen molar-refractivity contribution < 1.29 is 28.6 Å². The summed E-state index contributed by atoms with van der Waals surface area (Å²) >= 11 is 12.9. The van der Waals surface area contributed by atoms with Gasteiger partial charge in [-0.25, -0.2) is 25.4 Å². The van der Waals surface area contributed by atoms with Gasteiger partial charge >= 0.3 is 18.2 Å². The number of rotatable bonds is 14. The number of nitrogens with two attached hydrogens (primary N) is 1. The minimum absolute atomic E-state index is 0. The highest BCUT2D eigenvalue weighted by atomic mass is 35.5. The van der Waals surface area contributed by atoms with E-state index in [2.05, 4.69) is 62.4 Å². The minimum Gasteiger partial charge on any atom is -0.459 e. The largest absolute Gasteiger partial charge is 0.459 e. The molecule has 292 valence electrons. The van der Waals surface area contributed by atoms with E-state index < -0.39 is 23.8 Å². The molecule has 16 heteroatoms. The molecule has 0 aliphatic heterocycles. The highest BCUT2D eigenvalue weighted by molar-refractivity contribution is 7.09. The van der Waals surface area contributed by atoms with Gasteiger partial charge < -0.3 is 19.5 Å². The van der Waals surface area contributed by atoms with Gasteiger partial charge in [-0.1, -0.05) is 48.5 Å². The number of hydrogen-bond donors (Lipinski definition) is 3.